The van der Waals surface area contributed by atoms with Crippen LogP contribution in [0.5, 0.6) is 0 Å². The number of carbonyl (C=O) groups is 2. The van der Waals surface area contributed by atoms with Crippen LogP contribution in [0.2, 0.25) is 0 Å². The summed E-state index contributed by atoms with van der Waals surface area (Å²) < 4.78 is 35.0. The van der Waals surface area contributed by atoms with Crippen LogP contribution in [0.4, 0.5) is 12.9 Å². The zero-order valence-corrected chi connectivity index (χ0v) is 27.7. The van der Waals surface area contributed by atoms with Crippen molar-refractivity contribution in [3.63, 3.8) is 0 Å². The van der Waals surface area contributed by atoms with E-state index in [1.165, 1.54) is 0 Å². The number of aromatic nitrogens is 1. The Labute approximate surface area is 294 Å². The van der Waals surface area contributed by atoms with Gasteiger partial charge >= 0.3 is 19.1 Å². The SMILES string of the molecule is FB(F)F.O=C1CCCc2c(-c3ccccc3)cc(-c3ccccc3)[o+]c21.O=C1CCCc2c(-c3ccccc3)cc(-c3ccccc3)nc21.[F-]. The third kappa shape index (κ3) is 8.92. The quantitative estimate of drug-likeness (QED) is 0.107. The number of carbonyl (C=O) groups excluding carboxylic acids is 2. The number of rotatable bonds is 4. The molecule has 6 aromatic rings. The molecule has 0 bridgehead atoms. The highest BCUT2D eigenvalue weighted by molar-refractivity contribution is 6.33. The molecule has 0 saturated heterocycles. The van der Waals surface area contributed by atoms with Crippen molar-refractivity contribution < 1.29 is 31.7 Å². The molecule has 0 fully saturated rings. The number of Topliss-reactive ketones (excluding diaryl/α,β-unsaturated/α-hetero) is 2. The van der Waals surface area contributed by atoms with Gasteiger partial charge in [-0.3, -0.25) is 22.5 Å². The maximum Gasteiger partial charge on any atom is 0.762 e. The predicted molar refractivity (Wildman–Crippen MR) is 193 cm³/mol. The molecule has 0 atom stereocenters. The topological polar surface area (TPSA) is 58.3 Å². The molecule has 2 aliphatic carbocycles. The van der Waals surface area contributed by atoms with E-state index in [9.17, 15) is 22.5 Å². The summed E-state index contributed by atoms with van der Waals surface area (Å²) in [7, 11) is -3.67. The summed E-state index contributed by atoms with van der Waals surface area (Å²) in [5, 5.41) is 0. The standard InChI is InChI=1S/C21H17NO.C21H17O2.BF3.FH/c23-20-13-7-12-17-18(15-8-3-1-4-9-15)14-19(22-21(17)20)16-10-5-2-6-11-16;22-19-13-7-12-17-18(15-8-3-1-4-9-15)14-20(23-21(17)19)16-10-5-2-6-11-16;2-1(3)4;/h2*1-6,8-11,14H,7,12-13H2;;1H/q;+1;;/p-1. The Bertz CT molecular complexity index is 1930. The molecule has 0 aliphatic heterocycles. The maximum absolute atomic E-state index is 12.4. The predicted octanol–water partition coefficient (Wildman–Crippen LogP) is 8.23. The summed E-state index contributed by atoms with van der Waals surface area (Å²) in [6, 6.07) is 44.7. The number of ketones is 2. The van der Waals surface area contributed by atoms with E-state index in [1.807, 2.05) is 97.1 Å². The molecule has 0 radical (unpaired) electrons. The first-order valence-electron chi connectivity index (χ1n) is 16.6. The lowest BCUT2D eigenvalue weighted by molar-refractivity contribution is -0.0000283. The average molecular weight is 688 g/mol. The number of pyridine rings is 1. The van der Waals surface area contributed by atoms with E-state index in [1.54, 1.807) is 0 Å². The van der Waals surface area contributed by atoms with Crippen LogP contribution in [0.15, 0.2) is 138 Å². The number of hydrogen-bond acceptors (Lipinski definition) is 3. The van der Waals surface area contributed by atoms with Gasteiger partial charge in [-0.2, -0.15) is 0 Å². The van der Waals surface area contributed by atoms with Gasteiger partial charge in [0.25, 0.3) is 5.78 Å². The van der Waals surface area contributed by atoms with Crippen molar-refractivity contribution in [1.82, 2.24) is 4.98 Å². The molecular formula is C42H34BF4NO3. The minimum Gasteiger partial charge on any atom is -1.00 e. The number of halogens is 4. The van der Waals surface area contributed by atoms with Crippen molar-refractivity contribution in [2.75, 3.05) is 0 Å². The molecule has 0 N–H and O–H groups in total. The third-order valence-electron chi connectivity index (χ3n) is 8.69. The van der Waals surface area contributed by atoms with Crippen LogP contribution in [0.25, 0.3) is 44.8 Å². The fourth-order valence-electron chi connectivity index (χ4n) is 6.41. The van der Waals surface area contributed by atoms with Crippen molar-refractivity contribution >= 4 is 19.1 Å². The molecule has 4 aromatic carbocycles. The van der Waals surface area contributed by atoms with Crippen molar-refractivity contribution in [3.8, 4) is 44.8 Å². The van der Waals surface area contributed by atoms with Crippen LogP contribution >= 0.6 is 0 Å². The fraction of sp³-hybridized carbons (Fsp3) is 0.143. The summed E-state index contributed by atoms with van der Waals surface area (Å²) in [4.78, 5) is 29.5. The first-order valence-corrected chi connectivity index (χ1v) is 16.6. The highest BCUT2D eigenvalue weighted by Gasteiger charge is 2.34. The second-order valence-electron chi connectivity index (χ2n) is 12.0. The zero-order chi connectivity index (χ0) is 34.9. The second kappa shape index (κ2) is 17.3. The van der Waals surface area contributed by atoms with Gasteiger partial charge in [-0.15, -0.1) is 0 Å². The Kier molecular flexibility index (Phi) is 12.4. The molecule has 2 aromatic heterocycles. The van der Waals surface area contributed by atoms with Crippen LogP contribution < -0.4 is 4.70 Å². The van der Waals surface area contributed by atoms with Gasteiger partial charge in [-0.1, -0.05) is 109 Å². The average Bonchev–Trinajstić information content (AvgIpc) is 3.16. The molecule has 4 nitrogen and oxygen atoms in total. The molecule has 2 aliphatic rings. The van der Waals surface area contributed by atoms with E-state index in [2.05, 4.69) is 36.4 Å². The number of fused-ring (bicyclic) bond motifs is 2. The lowest BCUT2D eigenvalue weighted by Gasteiger charge is -2.19. The van der Waals surface area contributed by atoms with Crippen LogP contribution in [-0.2, 0) is 12.8 Å². The van der Waals surface area contributed by atoms with Crippen molar-refractivity contribution in [1.29, 1.82) is 0 Å². The minimum atomic E-state index is -3.67. The van der Waals surface area contributed by atoms with Gasteiger partial charge in [0, 0.05) is 24.0 Å². The lowest BCUT2D eigenvalue weighted by Crippen LogP contribution is -3.00. The van der Waals surface area contributed by atoms with E-state index in [4.69, 9.17) is 9.40 Å². The summed E-state index contributed by atoms with van der Waals surface area (Å²) in [5.41, 5.74) is 10.3. The summed E-state index contributed by atoms with van der Waals surface area (Å²) in [6.07, 6.45) is 4.80. The molecule has 0 spiro atoms. The highest BCUT2D eigenvalue weighted by Crippen LogP contribution is 2.37. The Hall–Kier alpha value is -5.70. The van der Waals surface area contributed by atoms with Gasteiger partial charge in [0.1, 0.15) is 5.69 Å². The molecule has 8 rings (SSSR count). The maximum atomic E-state index is 12.4. The molecule has 2 heterocycles. The van der Waals surface area contributed by atoms with E-state index >= 15 is 0 Å². The summed E-state index contributed by atoms with van der Waals surface area (Å²) >= 11 is 0. The van der Waals surface area contributed by atoms with Gasteiger partial charge in [0.05, 0.1) is 22.9 Å². The molecule has 9 heteroatoms. The molecular weight excluding hydrogens is 653 g/mol. The van der Waals surface area contributed by atoms with Crippen LogP contribution in [0.1, 0.15) is 57.9 Å². The number of benzene rings is 4. The molecule has 0 unspecified atom stereocenters. The summed E-state index contributed by atoms with van der Waals surface area (Å²) in [5.74, 6) is 1.57. The molecule has 0 saturated carbocycles. The Morgan fingerprint density at radius 3 is 1.49 bits per heavy atom. The van der Waals surface area contributed by atoms with E-state index in [-0.39, 0.29) is 16.3 Å². The Morgan fingerprint density at radius 2 is 0.961 bits per heavy atom. The Morgan fingerprint density at radius 1 is 0.529 bits per heavy atom. The normalized spacial score (nSPS) is 12.8. The van der Waals surface area contributed by atoms with Crippen LogP contribution in [-0.4, -0.2) is 24.1 Å². The Balaban J connectivity index is 0.000000176. The second-order valence-corrected chi connectivity index (χ2v) is 12.0. The molecule has 256 valence electrons. The van der Waals surface area contributed by atoms with Gasteiger partial charge < -0.3 is 4.70 Å². The van der Waals surface area contributed by atoms with Gasteiger partial charge in [0.2, 0.25) is 0 Å². The number of hydrogen-bond donors (Lipinski definition) is 0. The van der Waals surface area contributed by atoms with Crippen LogP contribution in [0.3, 0.4) is 0 Å². The van der Waals surface area contributed by atoms with Gasteiger partial charge in [-0.05, 0) is 66.1 Å². The molecule has 0 amide bonds. The first-order chi connectivity index (χ1) is 24.4. The van der Waals surface area contributed by atoms with Crippen molar-refractivity contribution in [3.05, 3.63) is 156 Å². The highest BCUT2D eigenvalue weighted by atomic mass is 19.4. The van der Waals surface area contributed by atoms with E-state index < -0.39 is 7.54 Å². The first kappa shape index (κ1) is 36.6. The van der Waals surface area contributed by atoms with Crippen molar-refractivity contribution in [2.24, 2.45) is 0 Å². The molecule has 51 heavy (non-hydrogen) atoms. The van der Waals surface area contributed by atoms with Gasteiger partial charge in [0.15, 0.2) is 5.78 Å². The van der Waals surface area contributed by atoms with Crippen LogP contribution in [0, 0.1) is 0 Å². The summed E-state index contributed by atoms with van der Waals surface area (Å²) in [6.45, 7) is 0. The van der Waals surface area contributed by atoms with Gasteiger partial charge in [-0.25, -0.2) is 9.40 Å². The fourth-order valence-corrected chi connectivity index (χ4v) is 6.41. The minimum absolute atomic E-state index is 0. The van der Waals surface area contributed by atoms with E-state index in [0.717, 1.165) is 81.6 Å². The zero-order valence-electron chi connectivity index (χ0n) is 27.7. The van der Waals surface area contributed by atoms with Crippen molar-refractivity contribution in [2.45, 2.75) is 38.5 Å². The largest absolute Gasteiger partial charge is 1.00 e. The monoisotopic (exact) mass is 687 g/mol. The third-order valence-corrected chi connectivity index (χ3v) is 8.69. The lowest BCUT2D eigenvalue weighted by atomic mass is 9.87. The van der Waals surface area contributed by atoms with E-state index in [0.29, 0.717) is 24.3 Å². The smallest absolute Gasteiger partial charge is 0.762 e. The number of nitrogens with zero attached hydrogens (tertiary/aromatic N) is 1.